The Balaban J connectivity index is 2.64. The molecule has 2 aromatic heterocycles. The van der Waals surface area contributed by atoms with Crippen LogP contribution < -0.4 is 5.32 Å². The molecular weight excluding hydrogens is 259 g/mol. The van der Waals surface area contributed by atoms with E-state index in [-0.39, 0.29) is 11.7 Å². The van der Waals surface area contributed by atoms with Crippen LogP contribution >= 0.6 is 0 Å². The van der Waals surface area contributed by atoms with Crippen molar-refractivity contribution in [3.8, 4) is 0 Å². The molecule has 2 heterocycles. The van der Waals surface area contributed by atoms with Crippen LogP contribution in [0.3, 0.4) is 0 Å². The average Bonchev–Trinajstić information content (AvgIpc) is 2.66. The number of aromatic nitrogens is 2. The average molecular weight is 271 g/mol. The lowest BCUT2D eigenvalue weighted by atomic mass is 10.2. The van der Waals surface area contributed by atoms with Crippen molar-refractivity contribution in [1.29, 1.82) is 0 Å². The third-order valence-electron chi connectivity index (χ3n) is 2.43. The number of halogens is 3. The number of nitrogens with zero attached hydrogens (tertiary/aromatic N) is 2. The second-order valence-electron chi connectivity index (χ2n) is 4.36. The summed E-state index contributed by atoms with van der Waals surface area (Å²) >= 11 is 0. The van der Waals surface area contributed by atoms with Gasteiger partial charge in [-0.2, -0.15) is 13.2 Å². The van der Waals surface area contributed by atoms with E-state index in [4.69, 9.17) is 0 Å². The summed E-state index contributed by atoms with van der Waals surface area (Å²) in [6, 6.07) is 4.26. The fraction of sp³-hybridized carbons (Fsp3) is 0.333. The van der Waals surface area contributed by atoms with Crippen molar-refractivity contribution < 1.29 is 18.0 Å². The molecular formula is C12H12F3N3O. The molecule has 0 aliphatic heterocycles. The number of pyridine rings is 1. The highest BCUT2D eigenvalue weighted by Crippen LogP contribution is 2.31. The number of hydrogen-bond donors (Lipinski definition) is 1. The minimum atomic E-state index is -4.67. The van der Waals surface area contributed by atoms with Crippen molar-refractivity contribution in [3.63, 3.8) is 0 Å². The number of amides is 1. The number of nitrogens with one attached hydrogen (secondary N) is 1. The van der Waals surface area contributed by atoms with E-state index < -0.39 is 23.5 Å². The fourth-order valence-electron chi connectivity index (χ4n) is 1.74. The Morgan fingerprint density at radius 3 is 2.63 bits per heavy atom. The summed E-state index contributed by atoms with van der Waals surface area (Å²) in [6.45, 7) is 3.35. The Morgan fingerprint density at radius 2 is 2.05 bits per heavy atom. The molecule has 0 aromatic carbocycles. The van der Waals surface area contributed by atoms with E-state index in [1.165, 1.54) is 12.3 Å². The minimum absolute atomic E-state index is 0.0868. The fourth-order valence-corrected chi connectivity index (χ4v) is 1.74. The van der Waals surface area contributed by atoms with Gasteiger partial charge in [-0.25, -0.2) is 4.98 Å². The summed E-state index contributed by atoms with van der Waals surface area (Å²) in [4.78, 5) is 15.4. The summed E-state index contributed by atoms with van der Waals surface area (Å²) < 4.78 is 39.9. The maximum absolute atomic E-state index is 12.9. The van der Waals surface area contributed by atoms with Crippen LogP contribution in [0.1, 0.15) is 30.0 Å². The van der Waals surface area contributed by atoms with E-state index in [1.54, 1.807) is 26.0 Å². The molecule has 0 atom stereocenters. The van der Waals surface area contributed by atoms with Gasteiger partial charge in [-0.15, -0.1) is 0 Å². The summed E-state index contributed by atoms with van der Waals surface area (Å²) in [5.74, 6) is -0.791. The normalized spacial score (nSPS) is 12.1. The van der Waals surface area contributed by atoms with E-state index in [9.17, 15) is 18.0 Å². The van der Waals surface area contributed by atoms with Gasteiger partial charge in [-0.05, 0) is 26.0 Å². The molecule has 2 aromatic rings. The molecule has 7 heteroatoms. The van der Waals surface area contributed by atoms with E-state index in [2.05, 4.69) is 10.3 Å². The molecule has 0 aliphatic rings. The van der Waals surface area contributed by atoms with Gasteiger partial charge < -0.3 is 5.32 Å². The number of carbonyl (C=O) groups excluding carboxylic acids is 1. The van der Waals surface area contributed by atoms with Crippen molar-refractivity contribution in [2.24, 2.45) is 0 Å². The number of rotatable bonds is 2. The Morgan fingerprint density at radius 1 is 1.37 bits per heavy atom. The highest BCUT2D eigenvalue weighted by Gasteiger charge is 2.40. The van der Waals surface area contributed by atoms with E-state index in [1.807, 2.05) is 0 Å². The molecule has 2 rings (SSSR count). The van der Waals surface area contributed by atoms with E-state index in [0.29, 0.717) is 0 Å². The van der Waals surface area contributed by atoms with Crippen molar-refractivity contribution in [3.05, 3.63) is 35.8 Å². The molecule has 19 heavy (non-hydrogen) atoms. The van der Waals surface area contributed by atoms with E-state index >= 15 is 0 Å². The predicted molar refractivity (Wildman–Crippen MR) is 62.8 cm³/mol. The first-order valence-electron chi connectivity index (χ1n) is 5.66. The van der Waals surface area contributed by atoms with Gasteiger partial charge in [0.1, 0.15) is 11.3 Å². The second-order valence-corrected chi connectivity index (χ2v) is 4.36. The number of hydrogen-bond acceptors (Lipinski definition) is 2. The first-order valence-corrected chi connectivity index (χ1v) is 5.66. The lowest BCUT2D eigenvalue weighted by molar-refractivity contribution is -0.141. The molecule has 1 amide bonds. The Hall–Kier alpha value is -2.05. The number of alkyl halides is 3. The van der Waals surface area contributed by atoms with Crippen molar-refractivity contribution in [1.82, 2.24) is 14.7 Å². The van der Waals surface area contributed by atoms with Gasteiger partial charge in [0.25, 0.3) is 5.91 Å². The van der Waals surface area contributed by atoms with Crippen LogP contribution in [0.4, 0.5) is 13.2 Å². The van der Waals surface area contributed by atoms with Crippen LogP contribution in [0.25, 0.3) is 5.65 Å². The lowest BCUT2D eigenvalue weighted by Gasteiger charge is -2.10. The lowest BCUT2D eigenvalue weighted by Crippen LogP contribution is -2.32. The Kier molecular flexibility index (Phi) is 3.21. The van der Waals surface area contributed by atoms with Gasteiger partial charge in [0, 0.05) is 12.2 Å². The van der Waals surface area contributed by atoms with Crippen LogP contribution in [-0.4, -0.2) is 21.3 Å². The van der Waals surface area contributed by atoms with Crippen LogP contribution in [0, 0.1) is 0 Å². The van der Waals surface area contributed by atoms with Crippen LogP contribution in [-0.2, 0) is 6.18 Å². The maximum atomic E-state index is 12.9. The number of carbonyl (C=O) groups is 1. The SMILES string of the molecule is CC(C)NC(=O)c1c(C(F)(F)F)nc2ccccn12. The molecule has 0 aliphatic carbocycles. The summed E-state index contributed by atoms with van der Waals surface area (Å²) in [5.41, 5.74) is -1.57. The molecule has 0 saturated carbocycles. The van der Waals surface area contributed by atoms with Gasteiger partial charge in [0.2, 0.25) is 0 Å². The first kappa shape index (κ1) is 13.4. The predicted octanol–water partition coefficient (Wildman–Crippen LogP) is 2.49. The third kappa shape index (κ3) is 2.54. The quantitative estimate of drug-likeness (QED) is 0.912. The maximum Gasteiger partial charge on any atom is 0.435 e. The standard InChI is InChI=1S/C12H12F3N3O/c1-7(2)16-11(19)9-10(12(13,14)15)17-8-5-3-4-6-18(8)9/h3-7H,1-2H3,(H,16,19). The Bertz CT molecular complexity index is 616. The Labute approximate surface area is 107 Å². The van der Waals surface area contributed by atoms with Gasteiger partial charge in [-0.1, -0.05) is 6.07 Å². The number of imidazole rings is 1. The van der Waals surface area contributed by atoms with E-state index in [0.717, 1.165) is 4.40 Å². The largest absolute Gasteiger partial charge is 0.435 e. The van der Waals surface area contributed by atoms with Gasteiger partial charge in [0.15, 0.2) is 5.69 Å². The summed E-state index contributed by atoms with van der Waals surface area (Å²) in [6.07, 6.45) is -3.29. The zero-order chi connectivity index (χ0) is 14.2. The smallest absolute Gasteiger partial charge is 0.349 e. The molecule has 0 bridgehead atoms. The zero-order valence-corrected chi connectivity index (χ0v) is 10.3. The number of fused-ring (bicyclic) bond motifs is 1. The van der Waals surface area contributed by atoms with Gasteiger partial charge in [0.05, 0.1) is 0 Å². The summed E-state index contributed by atoms with van der Waals surface area (Å²) in [7, 11) is 0. The van der Waals surface area contributed by atoms with Crippen molar-refractivity contribution >= 4 is 11.6 Å². The van der Waals surface area contributed by atoms with Crippen molar-refractivity contribution in [2.75, 3.05) is 0 Å². The highest BCUT2D eigenvalue weighted by molar-refractivity contribution is 5.95. The van der Waals surface area contributed by atoms with Gasteiger partial charge >= 0.3 is 6.18 Å². The van der Waals surface area contributed by atoms with Crippen LogP contribution in [0.5, 0.6) is 0 Å². The van der Waals surface area contributed by atoms with Crippen molar-refractivity contribution in [2.45, 2.75) is 26.1 Å². The molecule has 0 radical (unpaired) electrons. The monoisotopic (exact) mass is 271 g/mol. The molecule has 102 valence electrons. The topological polar surface area (TPSA) is 46.4 Å². The van der Waals surface area contributed by atoms with Crippen LogP contribution in [0.15, 0.2) is 24.4 Å². The molecule has 0 unspecified atom stereocenters. The molecule has 4 nitrogen and oxygen atoms in total. The highest BCUT2D eigenvalue weighted by atomic mass is 19.4. The zero-order valence-electron chi connectivity index (χ0n) is 10.3. The van der Waals surface area contributed by atoms with Crippen LogP contribution in [0.2, 0.25) is 0 Å². The molecule has 0 saturated heterocycles. The third-order valence-corrected chi connectivity index (χ3v) is 2.43. The molecule has 1 N–H and O–H groups in total. The second kappa shape index (κ2) is 4.56. The molecule has 0 spiro atoms. The molecule has 0 fully saturated rings. The first-order chi connectivity index (χ1) is 8.80. The minimum Gasteiger partial charge on any atom is -0.349 e. The van der Waals surface area contributed by atoms with Gasteiger partial charge in [-0.3, -0.25) is 9.20 Å². The summed E-state index contributed by atoms with van der Waals surface area (Å²) in [5, 5.41) is 2.45.